The van der Waals surface area contributed by atoms with Gasteiger partial charge in [-0.2, -0.15) is 0 Å². The second kappa shape index (κ2) is 9.23. The van der Waals surface area contributed by atoms with Crippen molar-refractivity contribution in [2.75, 3.05) is 0 Å². The molecule has 0 spiro atoms. The molecule has 0 aliphatic carbocycles. The van der Waals surface area contributed by atoms with E-state index in [1.165, 1.54) is 18.2 Å². The SMILES string of the molecule is O=C1OC(c2ccc([N+](=O)[O-])cc2Cl)=N/C1=C\c1ccc(OC(=O)c2ccc(Cl)cc2)cc1. The van der Waals surface area contributed by atoms with Crippen LogP contribution in [0.3, 0.4) is 0 Å². The fourth-order valence-electron chi connectivity index (χ4n) is 2.86. The number of nitro groups is 1. The van der Waals surface area contributed by atoms with Crippen molar-refractivity contribution in [1.82, 2.24) is 0 Å². The van der Waals surface area contributed by atoms with Crippen LogP contribution in [0.15, 0.2) is 77.4 Å². The molecule has 8 nitrogen and oxygen atoms in total. The molecule has 0 aromatic heterocycles. The highest BCUT2D eigenvalue weighted by Gasteiger charge is 2.26. The summed E-state index contributed by atoms with van der Waals surface area (Å²) in [6.45, 7) is 0. The molecule has 164 valence electrons. The van der Waals surface area contributed by atoms with Crippen LogP contribution in [0, 0.1) is 10.1 Å². The summed E-state index contributed by atoms with van der Waals surface area (Å²) in [4.78, 5) is 38.8. The Morgan fingerprint density at radius 1 is 1.03 bits per heavy atom. The molecule has 0 saturated carbocycles. The number of aliphatic imine (C=N–C) groups is 1. The third kappa shape index (κ3) is 5.08. The molecule has 3 aromatic rings. The summed E-state index contributed by atoms with van der Waals surface area (Å²) in [6, 6.07) is 16.5. The average Bonchev–Trinajstić information content (AvgIpc) is 3.15. The molecule has 0 atom stereocenters. The van der Waals surface area contributed by atoms with Crippen LogP contribution in [-0.4, -0.2) is 22.8 Å². The van der Waals surface area contributed by atoms with Gasteiger partial charge in [0.1, 0.15) is 5.75 Å². The molecule has 0 unspecified atom stereocenters. The lowest BCUT2D eigenvalue weighted by Crippen LogP contribution is -2.08. The van der Waals surface area contributed by atoms with Gasteiger partial charge in [0.05, 0.1) is 21.1 Å². The number of cyclic esters (lactones) is 1. The van der Waals surface area contributed by atoms with Crippen molar-refractivity contribution >= 4 is 52.8 Å². The van der Waals surface area contributed by atoms with Gasteiger partial charge in [0, 0.05) is 17.2 Å². The number of benzene rings is 3. The number of halogens is 2. The summed E-state index contributed by atoms with van der Waals surface area (Å²) in [5.74, 6) is -0.975. The third-order valence-corrected chi connectivity index (χ3v) is 5.05. The summed E-state index contributed by atoms with van der Waals surface area (Å²) in [5, 5.41) is 11.4. The van der Waals surface area contributed by atoms with Gasteiger partial charge in [-0.3, -0.25) is 10.1 Å². The zero-order valence-corrected chi connectivity index (χ0v) is 18.0. The maximum atomic E-state index is 12.2. The van der Waals surface area contributed by atoms with Crippen LogP contribution in [0.25, 0.3) is 6.08 Å². The predicted molar refractivity (Wildman–Crippen MR) is 122 cm³/mol. The maximum absolute atomic E-state index is 12.2. The number of hydrogen-bond acceptors (Lipinski definition) is 7. The van der Waals surface area contributed by atoms with Crippen LogP contribution in [0.2, 0.25) is 10.0 Å². The second-order valence-electron chi connectivity index (χ2n) is 6.72. The van der Waals surface area contributed by atoms with E-state index in [4.69, 9.17) is 32.7 Å². The Morgan fingerprint density at radius 2 is 1.73 bits per heavy atom. The number of non-ortho nitro benzene ring substituents is 1. The standard InChI is InChI=1S/C23H12Cl2N2O6/c24-15-5-3-14(4-6-15)22(28)32-17-8-1-13(2-9-17)11-20-23(29)33-21(26-20)18-10-7-16(27(30)31)12-19(18)25/h1-12H/b20-11-. The minimum Gasteiger partial charge on any atom is -0.423 e. The van der Waals surface area contributed by atoms with Crippen LogP contribution in [-0.2, 0) is 9.53 Å². The Hall–Kier alpha value is -4.01. The number of carbonyl (C=O) groups is 2. The molecule has 0 fully saturated rings. The lowest BCUT2D eigenvalue weighted by Gasteiger charge is -2.05. The molecule has 0 N–H and O–H groups in total. The number of rotatable bonds is 5. The van der Waals surface area contributed by atoms with E-state index in [1.54, 1.807) is 48.5 Å². The first kappa shape index (κ1) is 22.2. The van der Waals surface area contributed by atoms with Crippen LogP contribution in [0.4, 0.5) is 5.69 Å². The first-order valence-corrected chi connectivity index (χ1v) is 10.1. The molecule has 0 saturated heterocycles. The molecule has 0 bridgehead atoms. The van der Waals surface area contributed by atoms with E-state index in [-0.39, 0.29) is 27.9 Å². The zero-order chi connectivity index (χ0) is 23.5. The molecule has 0 radical (unpaired) electrons. The molecular weight excluding hydrogens is 471 g/mol. The smallest absolute Gasteiger partial charge is 0.363 e. The molecule has 1 heterocycles. The van der Waals surface area contributed by atoms with Crippen molar-refractivity contribution in [2.45, 2.75) is 0 Å². The Labute approximate surface area is 196 Å². The van der Waals surface area contributed by atoms with Gasteiger partial charge in [-0.25, -0.2) is 14.6 Å². The highest BCUT2D eigenvalue weighted by molar-refractivity contribution is 6.34. The Balaban J connectivity index is 1.50. The quantitative estimate of drug-likeness (QED) is 0.157. The van der Waals surface area contributed by atoms with Gasteiger partial charge < -0.3 is 9.47 Å². The molecule has 3 aromatic carbocycles. The Bertz CT molecular complexity index is 1330. The van der Waals surface area contributed by atoms with Crippen LogP contribution in [0.5, 0.6) is 5.75 Å². The largest absolute Gasteiger partial charge is 0.423 e. The van der Waals surface area contributed by atoms with Gasteiger partial charge >= 0.3 is 11.9 Å². The van der Waals surface area contributed by atoms with E-state index in [0.29, 0.717) is 21.9 Å². The molecule has 33 heavy (non-hydrogen) atoms. The highest BCUT2D eigenvalue weighted by atomic mass is 35.5. The van der Waals surface area contributed by atoms with Crippen LogP contribution >= 0.6 is 23.2 Å². The van der Waals surface area contributed by atoms with Gasteiger partial charge in [-0.1, -0.05) is 35.3 Å². The predicted octanol–water partition coefficient (Wildman–Crippen LogP) is 5.47. The van der Waals surface area contributed by atoms with Crippen molar-refractivity contribution in [2.24, 2.45) is 4.99 Å². The highest BCUT2D eigenvalue weighted by Crippen LogP contribution is 2.27. The fraction of sp³-hybridized carbons (Fsp3) is 0. The summed E-state index contributed by atoms with van der Waals surface area (Å²) in [6.07, 6.45) is 1.49. The van der Waals surface area contributed by atoms with Crippen LogP contribution in [0.1, 0.15) is 21.5 Å². The molecule has 0 amide bonds. The van der Waals surface area contributed by atoms with Gasteiger partial charge in [-0.05, 0) is 54.1 Å². The fourth-order valence-corrected chi connectivity index (χ4v) is 3.24. The monoisotopic (exact) mass is 482 g/mol. The number of hydrogen-bond donors (Lipinski definition) is 0. The van der Waals surface area contributed by atoms with Crippen molar-refractivity contribution in [1.29, 1.82) is 0 Å². The molecule has 1 aliphatic heterocycles. The number of nitro benzene ring substituents is 1. The third-order valence-electron chi connectivity index (χ3n) is 4.49. The first-order valence-electron chi connectivity index (χ1n) is 9.35. The van der Waals surface area contributed by atoms with Crippen molar-refractivity contribution in [3.05, 3.63) is 109 Å². The lowest BCUT2D eigenvalue weighted by molar-refractivity contribution is -0.384. The maximum Gasteiger partial charge on any atom is 0.363 e. The van der Waals surface area contributed by atoms with E-state index in [0.717, 1.165) is 6.07 Å². The topological polar surface area (TPSA) is 108 Å². The summed E-state index contributed by atoms with van der Waals surface area (Å²) in [7, 11) is 0. The second-order valence-corrected chi connectivity index (χ2v) is 7.57. The van der Waals surface area contributed by atoms with E-state index < -0.39 is 16.9 Å². The van der Waals surface area contributed by atoms with Gasteiger partial charge in [0.25, 0.3) is 5.69 Å². The number of carbonyl (C=O) groups excluding carboxylic acids is 2. The molecule has 1 aliphatic rings. The number of nitrogens with zero attached hydrogens (tertiary/aromatic N) is 2. The zero-order valence-electron chi connectivity index (χ0n) is 16.5. The average molecular weight is 483 g/mol. The van der Waals surface area contributed by atoms with Crippen molar-refractivity contribution < 1.29 is 24.0 Å². The van der Waals surface area contributed by atoms with Gasteiger partial charge in [0.15, 0.2) is 5.70 Å². The molecular formula is C23H12Cl2N2O6. The lowest BCUT2D eigenvalue weighted by atomic mass is 10.2. The van der Waals surface area contributed by atoms with E-state index in [1.807, 2.05) is 0 Å². The van der Waals surface area contributed by atoms with E-state index >= 15 is 0 Å². The Morgan fingerprint density at radius 3 is 2.36 bits per heavy atom. The summed E-state index contributed by atoms with van der Waals surface area (Å²) < 4.78 is 10.5. The van der Waals surface area contributed by atoms with Gasteiger partial charge in [0.2, 0.25) is 5.90 Å². The summed E-state index contributed by atoms with van der Waals surface area (Å²) >= 11 is 11.9. The normalized spacial score (nSPS) is 14.1. The summed E-state index contributed by atoms with van der Waals surface area (Å²) in [5.41, 5.74) is 1.04. The first-order chi connectivity index (χ1) is 15.8. The minimum absolute atomic E-state index is 0.0188. The van der Waals surface area contributed by atoms with Gasteiger partial charge in [-0.15, -0.1) is 0 Å². The van der Waals surface area contributed by atoms with Crippen molar-refractivity contribution in [3.63, 3.8) is 0 Å². The molecule has 10 heteroatoms. The van der Waals surface area contributed by atoms with Crippen LogP contribution < -0.4 is 4.74 Å². The number of ether oxygens (including phenoxy) is 2. The molecule has 4 rings (SSSR count). The van der Waals surface area contributed by atoms with Crippen molar-refractivity contribution in [3.8, 4) is 5.75 Å². The van der Waals surface area contributed by atoms with E-state index in [9.17, 15) is 19.7 Å². The minimum atomic E-state index is -0.697. The Kier molecular flexibility index (Phi) is 6.21. The number of esters is 2. The van der Waals surface area contributed by atoms with E-state index in [2.05, 4.69) is 4.99 Å².